The normalized spacial score (nSPS) is 43.9. The Bertz CT molecular complexity index is 1000. The van der Waals surface area contributed by atoms with Gasteiger partial charge >= 0.3 is 0 Å². The lowest BCUT2D eigenvalue weighted by molar-refractivity contribution is -0.260. The Balaban J connectivity index is 2.20. The van der Waals surface area contributed by atoms with E-state index in [2.05, 4.69) is 0 Å². The number of aliphatic hydroxyl groups excluding tert-OH is 9. The van der Waals surface area contributed by atoms with Gasteiger partial charge in [-0.2, -0.15) is 0 Å². The van der Waals surface area contributed by atoms with Crippen LogP contribution in [0, 0.1) is 5.92 Å². The van der Waals surface area contributed by atoms with Gasteiger partial charge in [0.05, 0.1) is 31.0 Å². The molecule has 0 aromatic rings. The SMILES string of the molecule is C/C=C/C(O)=C1C(=O)C(O)(C2OC(CO)C(O)C(O)C2O)C(=O)C(C(O)C2OCC(O)C(C)C2O)=C1O. The largest absolute Gasteiger partial charge is 0.507 e. The fourth-order valence-corrected chi connectivity index (χ4v) is 4.74. The number of ether oxygens (including phenoxy) is 2. The van der Waals surface area contributed by atoms with E-state index < -0.39 is 107 Å². The van der Waals surface area contributed by atoms with E-state index in [4.69, 9.17) is 9.47 Å². The molecule has 0 spiro atoms. The first-order chi connectivity index (χ1) is 17.2. The van der Waals surface area contributed by atoms with Gasteiger partial charge in [0, 0.05) is 5.92 Å². The van der Waals surface area contributed by atoms with E-state index >= 15 is 0 Å². The topological polar surface area (TPSA) is 255 Å². The van der Waals surface area contributed by atoms with Gasteiger partial charge in [-0.15, -0.1) is 0 Å². The van der Waals surface area contributed by atoms with Crippen LogP contribution in [0.3, 0.4) is 0 Å². The van der Waals surface area contributed by atoms with Gasteiger partial charge in [-0.05, 0) is 13.0 Å². The first-order valence-electron chi connectivity index (χ1n) is 11.5. The Morgan fingerprint density at radius 2 is 1.70 bits per heavy atom. The summed E-state index contributed by atoms with van der Waals surface area (Å²) in [6.45, 7) is 1.50. The van der Waals surface area contributed by atoms with Crippen molar-refractivity contribution in [1.29, 1.82) is 0 Å². The molecule has 3 rings (SSSR count). The van der Waals surface area contributed by atoms with Crippen LogP contribution in [0.25, 0.3) is 0 Å². The summed E-state index contributed by atoms with van der Waals surface area (Å²) in [6, 6.07) is 0. The minimum atomic E-state index is -3.51. The summed E-state index contributed by atoms with van der Waals surface area (Å²) in [6.07, 6.45) is -14.8. The van der Waals surface area contributed by atoms with Crippen molar-refractivity contribution in [3.63, 3.8) is 0 Å². The molecule has 3 aliphatic rings. The molecule has 11 unspecified atom stereocenters. The molecule has 208 valence electrons. The summed E-state index contributed by atoms with van der Waals surface area (Å²) in [7, 11) is 0. The standard InChI is InChI=1S/C23H32O14/c1-3-4-8(25)11-15(29)12(16(30)19-13(27)7(2)9(26)6-36-19)21(34)23(35,20(11)33)22-18(32)17(31)14(28)10(5-24)37-22/h3-4,7,9-10,13-14,16-19,22,24-32,35H,5-6H2,1-2H3/b4-3+,11-8?. The van der Waals surface area contributed by atoms with Crippen molar-refractivity contribution in [1.82, 2.24) is 0 Å². The van der Waals surface area contributed by atoms with Crippen molar-refractivity contribution in [2.75, 3.05) is 13.2 Å². The van der Waals surface area contributed by atoms with E-state index in [1.807, 2.05) is 0 Å². The minimum absolute atomic E-state index is 0.384. The van der Waals surface area contributed by atoms with Crippen LogP contribution in [0.4, 0.5) is 0 Å². The maximum absolute atomic E-state index is 13.6. The molecule has 14 heteroatoms. The second-order valence-corrected chi connectivity index (χ2v) is 9.36. The van der Waals surface area contributed by atoms with Crippen LogP contribution in [0.15, 0.2) is 34.8 Å². The summed E-state index contributed by atoms with van der Waals surface area (Å²) in [5.41, 5.74) is -5.67. The van der Waals surface area contributed by atoms with Crippen molar-refractivity contribution >= 4 is 11.6 Å². The van der Waals surface area contributed by atoms with Gasteiger partial charge in [0.2, 0.25) is 17.2 Å². The summed E-state index contributed by atoms with van der Waals surface area (Å²) in [5.74, 6) is -6.49. The van der Waals surface area contributed by atoms with Crippen molar-refractivity contribution in [2.45, 2.75) is 74.4 Å². The van der Waals surface area contributed by atoms with Crippen molar-refractivity contribution in [3.05, 3.63) is 34.8 Å². The average molecular weight is 532 g/mol. The Hall–Kier alpha value is -2.24. The fraction of sp³-hybridized carbons (Fsp3) is 0.652. The number of carbonyl (C=O) groups is 2. The maximum atomic E-state index is 13.6. The molecule has 2 aliphatic heterocycles. The van der Waals surface area contributed by atoms with Crippen LogP contribution in [0.1, 0.15) is 13.8 Å². The smallest absolute Gasteiger partial charge is 0.219 e. The second-order valence-electron chi connectivity index (χ2n) is 9.36. The Morgan fingerprint density at radius 1 is 1.08 bits per heavy atom. The molecule has 11 atom stereocenters. The summed E-state index contributed by atoms with van der Waals surface area (Å²) in [5, 5.41) is 105. The van der Waals surface area contributed by atoms with Gasteiger partial charge < -0.3 is 60.5 Å². The van der Waals surface area contributed by atoms with E-state index in [9.17, 15) is 60.7 Å². The number of Topliss-reactive ketones (excluding diaryl/α,β-unsaturated/α-hetero) is 2. The van der Waals surface area contributed by atoms with Crippen molar-refractivity contribution in [3.8, 4) is 0 Å². The minimum Gasteiger partial charge on any atom is -0.507 e. The van der Waals surface area contributed by atoms with Crippen LogP contribution in [-0.2, 0) is 19.1 Å². The zero-order chi connectivity index (χ0) is 28.0. The highest BCUT2D eigenvalue weighted by Gasteiger charge is 2.64. The molecule has 0 saturated carbocycles. The molecule has 1 aliphatic carbocycles. The van der Waals surface area contributed by atoms with Crippen LogP contribution in [0.5, 0.6) is 0 Å². The van der Waals surface area contributed by atoms with Crippen LogP contribution >= 0.6 is 0 Å². The molecule has 0 amide bonds. The molecule has 2 saturated heterocycles. The average Bonchev–Trinajstić information content (AvgIpc) is 2.85. The molecule has 37 heavy (non-hydrogen) atoms. The highest BCUT2D eigenvalue weighted by Crippen LogP contribution is 2.41. The van der Waals surface area contributed by atoms with Crippen LogP contribution in [0.2, 0.25) is 0 Å². The lowest BCUT2D eigenvalue weighted by Crippen LogP contribution is -2.71. The van der Waals surface area contributed by atoms with Gasteiger partial charge in [0.15, 0.2) is 0 Å². The molecule has 0 aromatic carbocycles. The molecular formula is C23H32O14. The van der Waals surface area contributed by atoms with E-state index in [1.54, 1.807) is 0 Å². The number of hydrogen-bond acceptors (Lipinski definition) is 14. The Kier molecular flexibility index (Phi) is 8.61. The molecule has 0 bridgehead atoms. The molecular weight excluding hydrogens is 500 g/mol. The predicted molar refractivity (Wildman–Crippen MR) is 120 cm³/mol. The fourth-order valence-electron chi connectivity index (χ4n) is 4.74. The number of hydrogen-bond donors (Lipinski definition) is 10. The van der Waals surface area contributed by atoms with E-state index in [0.717, 1.165) is 6.08 Å². The van der Waals surface area contributed by atoms with Gasteiger partial charge in [-0.1, -0.05) is 13.0 Å². The summed E-state index contributed by atoms with van der Waals surface area (Å²) < 4.78 is 10.5. The van der Waals surface area contributed by atoms with E-state index in [1.165, 1.54) is 19.9 Å². The van der Waals surface area contributed by atoms with Crippen LogP contribution < -0.4 is 0 Å². The highest BCUT2D eigenvalue weighted by atomic mass is 16.6. The zero-order valence-electron chi connectivity index (χ0n) is 19.9. The number of ketones is 2. The predicted octanol–water partition coefficient (Wildman–Crippen LogP) is -3.97. The van der Waals surface area contributed by atoms with Gasteiger partial charge in [-0.3, -0.25) is 9.59 Å². The molecule has 10 N–H and O–H groups in total. The maximum Gasteiger partial charge on any atom is 0.219 e. The van der Waals surface area contributed by atoms with Crippen molar-refractivity contribution in [2.24, 2.45) is 5.92 Å². The number of carbonyl (C=O) groups excluding carboxylic acids is 2. The Labute approximate surface area is 210 Å². The third kappa shape index (κ3) is 4.63. The molecule has 2 fully saturated rings. The first-order valence-corrected chi connectivity index (χ1v) is 11.5. The van der Waals surface area contributed by atoms with E-state index in [0.29, 0.717) is 0 Å². The van der Waals surface area contributed by atoms with Gasteiger partial charge in [-0.25, -0.2) is 0 Å². The highest BCUT2D eigenvalue weighted by molar-refractivity contribution is 6.28. The zero-order valence-corrected chi connectivity index (χ0v) is 19.9. The summed E-state index contributed by atoms with van der Waals surface area (Å²) >= 11 is 0. The summed E-state index contributed by atoms with van der Waals surface area (Å²) in [4.78, 5) is 27.0. The third-order valence-electron chi connectivity index (χ3n) is 7.09. The lowest BCUT2D eigenvalue weighted by atomic mass is 9.69. The van der Waals surface area contributed by atoms with E-state index in [-0.39, 0.29) is 6.61 Å². The molecule has 2 heterocycles. The van der Waals surface area contributed by atoms with Crippen LogP contribution in [-0.4, -0.2) is 136 Å². The molecule has 0 aromatic heterocycles. The number of rotatable bonds is 5. The number of aliphatic hydroxyl groups is 10. The van der Waals surface area contributed by atoms with Crippen molar-refractivity contribution < 1.29 is 70.1 Å². The Morgan fingerprint density at radius 3 is 2.27 bits per heavy atom. The molecule has 14 nitrogen and oxygen atoms in total. The number of allylic oxidation sites excluding steroid dienone is 3. The lowest BCUT2D eigenvalue weighted by Gasteiger charge is -2.47. The monoisotopic (exact) mass is 532 g/mol. The quantitative estimate of drug-likeness (QED) is 0.0921. The molecule has 0 radical (unpaired) electrons. The second kappa shape index (κ2) is 10.9. The first kappa shape index (κ1) is 29.3. The van der Waals surface area contributed by atoms with Gasteiger partial charge in [0.1, 0.15) is 59.8 Å². The van der Waals surface area contributed by atoms with Gasteiger partial charge in [0.25, 0.3) is 0 Å². The third-order valence-corrected chi connectivity index (χ3v) is 7.09.